The Morgan fingerprint density at radius 3 is 1.00 bits per heavy atom. The first-order valence-corrected chi connectivity index (χ1v) is 27.6. The van der Waals surface area contributed by atoms with Gasteiger partial charge in [0.2, 0.25) is 0 Å². The van der Waals surface area contributed by atoms with Crippen LogP contribution in [0.4, 0.5) is 0 Å². The zero-order chi connectivity index (χ0) is 21.9. The molecule has 1 radical (unpaired) electrons. The van der Waals surface area contributed by atoms with Gasteiger partial charge < -0.3 is 20.6 Å². The van der Waals surface area contributed by atoms with Gasteiger partial charge in [-0.1, -0.05) is 6.92 Å². The first-order valence-electron chi connectivity index (χ1n) is 9.95. The highest BCUT2D eigenvalue weighted by Gasteiger charge is 2.56. The predicted molar refractivity (Wildman–Crippen MR) is 131 cm³/mol. The SMILES string of the molecule is CC[CH][Si](O[Si](C)(C)C)(O[Si](C)(C)C)O[Si](C)(O[Si](C)(C)C)O[Si](C)(C)C. The molecule has 0 amide bonds. The fraction of sp³-hybridized carbons (Fsp3) is 0.938. The normalized spacial score (nSPS) is 15.3. The maximum atomic E-state index is 6.84. The van der Waals surface area contributed by atoms with Crippen LogP contribution in [-0.4, -0.2) is 50.9 Å². The third kappa shape index (κ3) is 13.9. The van der Waals surface area contributed by atoms with Crippen molar-refractivity contribution in [2.24, 2.45) is 0 Å². The fourth-order valence-electron chi connectivity index (χ4n) is 2.72. The molecule has 0 fully saturated rings. The van der Waals surface area contributed by atoms with E-state index in [1.54, 1.807) is 0 Å². The van der Waals surface area contributed by atoms with Gasteiger partial charge in [0.25, 0.3) is 0 Å². The molecule has 5 nitrogen and oxygen atoms in total. The number of hydrogen-bond acceptors (Lipinski definition) is 5. The first kappa shape index (κ1) is 28.1. The lowest BCUT2D eigenvalue weighted by Crippen LogP contribution is -2.66. The smallest absolute Gasteiger partial charge is 0.417 e. The molecule has 0 unspecified atom stereocenters. The summed E-state index contributed by atoms with van der Waals surface area (Å²) in [5.74, 6) is 0. The molecule has 0 aromatic heterocycles. The van der Waals surface area contributed by atoms with Crippen LogP contribution in [0.1, 0.15) is 13.3 Å². The van der Waals surface area contributed by atoms with Crippen molar-refractivity contribution in [3.63, 3.8) is 0 Å². The Kier molecular flexibility index (Phi) is 9.88. The van der Waals surface area contributed by atoms with E-state index in [2.05, 4.69) is 91.5 Å². The highest BCUT2D eigenvalue weighted by Crippen LogP contribution is 2.32. The van der Waals surface area contributed by atoms with Crippen molar-refractivity contribution in [2.45, 2.75) is 98.5 Å². The van der Waals surface area contributed by atoms with Crippen LogP contribution in [0.15, 0.2) is 0 Å². The summed E-state index contributed by atoms with van der Waals surface area (Å²) in [4.78, 5) is 0. The minimum Gasteiger partial charge on any atom is -0.417 e. The standard InChI is InChI=1S/C16H45O5Si6/c1-15-16-27(19-24(8,9)10,20-25(11,12)13)21-26(14,17-22(2,3)4)18-23(5,6)7/h16H,15H2,1-14H3. The quantitative estimate of drug-likeness (QED) is 0.314. The number of hydrogen-bond donors (Lipinski definition) is 0. The van der Waals surface area contributed by atoms with Crippen LogP contribution in [0.5, 0.6) is 0 Å². The molecule has 0 saturated heterocycles. The van der Waals surface area contributed by atoms with Gasteiger partial charge in [-0.25, -0.2) is 0 Å². The van der Waals surface area contributed by atoms with Crippen molar-refractivity contribution in [3.05, 3.63) is 6.04 Å². The van der Waals surface area contributed by atoms with Crippen LogP contribution < -0.4 is 0 Å². The van der Waals surface area contributed by atoms with Crippen molar-refractivity contribution in [1.82, 2.24) is 0 Å². The third-order valence-corrected chi connectivity index (χ3v) is 21.2. The minimum atomic E-state index is -3.05. The second-order valence-corrected chi connectivity index (χ2v) is 35.4. The van der Waals surface area contributed by atoms with Gasteiger partial charge in [0.05, 0.1) is 0 Å². The molecular weight excluding hydrogens is 441 g/mol. The Bertz CT molecular complexity index is 430. The zero-order valence-electron chi connectivity index (χ0n) is 20.3. The summed E-state index contributed by atoms with van der Waals surface area (Å²) < 4.78 is 33.4. The lowest BCUT2D eigenvalue weighted by atomic mass is 10.6. The van der Waals surface area contributed by atoms with Crippen molar-refractivity contribution in [3.8, 4) is 0 Å². The summed E-state index contributed by atoms with van der Waals surface area (Å²) in [6.07, 6.45) is 0.839. The van der Waals surface area contributed by atoms with Crippen molar-refractivity contribution in [1.29, 1.82) is 0 Å². The molecule has 0 aromatic carbocycles. The molecule has 0 aliphatic rings. The summed E-state index contributed by atoms with van der Waals surface area (Å²) in [7, 11) is -13.6. The molecule has 163 valence electrons. The fourth-order valence-corrected chi connectivity index (χ4v) is 25.3. The monoisotopic (exact) mass is 485 g/mol. The Labute approximate surface area is 175 Å². The average Bonchev–Trinajstić information content (AvgIpc) is 2.14. The van der Waals surface area contributed by atoms with E-state index in [-0.39, 0.29) is 0 Å². The molecule has 0 spiro atoms. The van der Waals surface area contributed by atoms with Crippen LogP contribution in [-0.2, 0) is 20.6 Å². The zero-order valence-corrected chi connectivity index (χ0v) is 26.3. The molecule has 27 heavy (non-hydrogen) atoms. The van der Waals surface area contributed by atoms with Crippen LogP contribution >= 0.6 is 0 Å². The van der Waals surface area contributed by atoms with E-state index in [1.165, 1.54) is 0 Å². The molecular formula is C16H45O5Si6. The second-order valence-electron chi connectivity index (χ2n) is 11.0. The molecule has 0 atom stereocenters. The van der Waals surface area contributed by atoms with Crippen molar-refractivity contribution in [2.75, 3.05) is 0 Å². The molecule has 0 rings (SSSR count). The highest BCUT2D eigenvalue weighted by atomic mass is 28.5. The maximum absolute atomic E-state index is 6.84. The van der Waals surface area contributed by atoms with Crippen molar-refractivity contribution < 1.29 is 20.6 Å². The molecule has 0 saturated carbocycles. The molecule has 0 heterocycles. The van der Waals surface area contributed by atoms with Crippen LogP contribution in [0, 0.1) is 6.04 Å². The van der Waals surface area contributed by atoms with E-state index >= 15 is 0 Å². The van der Waals surface area contributed by atoms with E-state index in [0.29, 0.717) is 0 Å². The summed E-state index contributed by atoms with van der Waals surface area (Å²) >= 11 is 0. The van der Waals surface area contributed by atoms with Crippen molar-refractivity contribution >= 4 is 50.9 Å². The van der Waals surface area contributed by atoms with E-state index in [4.69, 9.17) is 20.6 Å². The molecule has 0 aromatic rings. The Morgan fingerprint density at radius 1 is 0.481 bits per heavy atom. The summed E-state index contributed by atoms with van der Waals surface area (Å²) in [5, 5.41) is 0. The van der Waals surface area contributed by atoms with E-state index < -0.39 is 50.9 Å². The van der Waals surface area contributed by atoms with Gasteiger partial charge in [0.15, 0.2) is 33.3 Å². The van der Waals surface area contributed by atoms with Gasteiger partial charge in [-0.3, -0.25) is 0 Å². The Morgan fingerprint density at radius 2 is 0.778 bits per heavy atom. The molecule has 11 heteroatoms. The van der Waals surface area contributed by atoms with Gasteiger partial charge in [-0.15, -0.1) is 0 Å². The summed E-state index contributed by atoms with van der Waals surface area (Å²) in [6, 6.07) is 2.15. The minimum absolute atomic E-state index is 0.839. The topological polar surface area (TPSA) is 46.2 Å². The molecule has 0 N–H and O–H groups in total. The molecule has 0 aliphatic heterocycles. The van der Waals surface area contributed by atoms with E-state index in [1.807, 2.05) is 6.55 Å². The Hall–Kier alpha value is 1.10. The highest BCUT2D eigenvalue weighted by molar-refractivity contribution is 6.93. The second kappa shape index (κ2) is 9.49. The molecule has 0 bridgehead atoms. The summed E-state index contributed by atoms with van der Waals surface area (Å²) in [6.45, 7) is 30.4. The van der Waals surface area contributed by atoms with Crippen LogP contribution in [0.25, 0.3) is 0 Å². The van der Waals surface area contributed by atoms with E-state index in [0.717, 1.165) is 6.42 Å². The van der Waals surface area contributed by atoms with E-state index in [9.17, 15) is 0 Å². The van der Waals surface area contributed by atoms with Gasteiger partial charge in [-0.05, 0) is 85.0 Å². The van der Waals surface area contributed by atoms with Gasteiger partial charge in [0.1, 0.15) is 0 Å². The van der Waals surface area contributed by atoms with Crippen LogP contribution in [0.2, 0.25) is 85.1 Å². The predicted octanol–water partition coefficient (Wildman–Crippen LogP) is 6.07. The average molecular weight is 486 g/mol. The van der Waals surface area contributed by atoms with Gasteiger partial charge in [0, 0.05) is 12.6 Å². The van der Waals surface area contributed by atoms with Gasteiger partial charge in [-0.2, -0.15) is 0 Å². The lowest BCUT2D eigenvalue weighted by molar-refractivity contribution is 0.185. The third-order valence-electron chi connectivity index (χ3n) is 2.66. The first-order chi connectivity index (χ1) is 11.6. The van der Waals surface area contributed by atoms with Gasteiger partial charge >= 0.3 is 17.6 Å². The molecule has 0 aliphatic carbocycles. The largest absolute Gasteiger partial charge is 0.476 e. The number of rotatable bonds is 12. The maximum Gasteiger partial charge on any atom is 0.476 e. The Balaban J connectivity index is 6.14. The lowest BCUT2D eigenvalue weighted by Gasteiger charge is -2.45. The summed E-state index contributed by atoms with van der Waals surface area (Å²) in [5.41, 5.74) is 0. The van der Waals surface area contributed by atoms with Crippen LogP contribution in [0.3, 0.4) is 0 Å².